The van der Waals surface area contributed by atoms with Crippen molar-refractivity contribution < 1.29 is 13.2 Å². The number of hydrogen-bond acceptors (Lipinski definition) is 2. The number of hydrogen-bond donors (Lipinski definition) is 0. The van der Waals surface area contributed by atoms with Crippen LogP contribution in [0.3, 0.4) is 0 Å². The van der Waals surface area contributed by atoms with Crippen LogP contribution in [0.2, 0.25) is 0 Å². The molecule has 0 atom stereocenters. The van der Waals surface area contributed by atoms with Crippen LogP contribution in [0.25, 0.3) is 49.7 Å². The van der Waals surface area contributed by atoms with E-state index in [1.807, 2.05) is 77.4 Å². The predicted octanol–water partition coefficient (Wildman–Crippen LogP) is 11.5. The van der Waals surface area contributed by atoms with E-state index in [0.29, 0.717) is 11.5 Å². The Bertz CT molecular complexity index is 2290. The van der Waals surface area contributed by atoms with Crippen molar-refractivity contribution in [2.24, 2.45) is 0 Å². The summed E-state index contributed by atoms with van der Waals surface area (Å²) in [5, 5.41) is 4.10. The molecule has 0 saturated carbocycles. The van der Waals surface area contributed by atoms with Gasteiger partial charge in [-0.25, -0.2) is 4.98 Å². The van der Waals surface area contributed by atoms with Crippen LogP contribution in [0.1, 0.15) is 5.56 Å². The van der Waals surface area contributed by atoms with E-state index >= 15 is 0 Å². The summed E-state index contributed by atoms with van der Waals surface area (Å²) in [6.07, 6.45) is -4.43. The molecule has 1 heterocycles. The second-order valence-corrected chi connectivity index (χ2v) is 11.2. The molecule has 1 aromatic heterocycles. The van der Waals surface area contributed by atoms with E-state index in [-0.39, 0.29) is 0 Å². The normalized spacial score (nSPS) is 11.8. The summed E-state index contributed by atoms with van der Waals surface area (Å²) in [6.45, 7) is 0. The molecule has 3 nitrogen and oxygen atoms in total. The lowest BCUT2D eigenvalue weighted by Crippen LogP contribution is -2.09. The fraction of sp³-hybridized carbons (Fsp3) is 0.0250. The van der Waals surface area contributed by atoms with Gasteiger partial charge in [-0.15, -0.1) is 0 Å². The lowest BCUT2D eigenvalue weighted by Gasteiger charge is -2.25. The molecule has 46 heavy (non-hydrogen) atoms. The van der Waals surface area contributed by atoms with Crippen molar-refractivity contribution in [3.05, 3.63) is 163 Å². The molecule has 0 saturated heterocycles. The number of halogens is 3. The molecular weight excluding hydrogens is 579 g/mol. The van der Waals surface area contributed by atoms with E-state index in [1.165, 1.54) is 12.1 Å². The SMILES string of the molecule is FC(F)(F)c1ccc(-n2c(-c3ccc(N(c4ccccc4)c4ccccc4)cc3)nc3c4ccccc4c4ccccc4c32)cc1. The molecule has 8 rings (SSSR count). The minimum atomic E-state index is -4.43. The molecule has 0 radical (unpaired) electrons. The van der Waals surface area contributed by atoms with Crippen molar-refractivity contribution in [3.8, 4) is 17.1 Å². The van der Waals surface area contributed by atoms with E-state index in [0.717, 1.165) is 67.3 Å². The largest absolute Gasteiger partial charge is 0.416 e. The van der Waals surface area contributed by atoms with Crippen LogP contribution in [0.15, 0.2) is 158 Å². The van der Waals surface area contributed by atoms with Crippen molar-refractivity contribution in [1.82, 2.24) is 9.55 Å². The highest BCUT2D eigenvalue weighted by Gasteiger charge is 2.30. The highest BCUT2D eigenvalue weighted by atomic mass is 19.4. The lowest BCUT2D eigenvalue weighted by molar-refractivity contribution is -0.137. The van der Waals surface area contributed by atoms with E-state index in [1.54, 1.807) is 0 Å². The third-order valence-electron chi connectivity index (χ3n) is 8.40. The van der Waals surface area contributed by atoms with Crippen molar-refractivity contribution in [2.75, 3.05) is 4.90 Å². The van der Waals surface area contributed by atoms with Gasteiger partial charge in [0.2, 0.25) is 0 Å². The highest BCUT2D eigenvalue weighted by Crippen LogP contribution is 2.41. The molecule has 0 fully saturated rings. The molecule has 0 amide bonds. The Labute approximate surface area is 263 Å². The second kappa shape index (κ2) is 10.9. The number of anilines is 3. The van der Waals surface area contributed by atoms with Crippen molar-refractivity contribution >= 4 is 49.6 Å². The average Bonchev–Trinajstić information content (AvgIpc) is 3.51. The number of rotatable bonds is 5. The summed E-state index contributed by atoms with van der Waals surface area (Å²) in [4.78, 5) is 7.41. The van der Waals surface area contributed by atoms with Crippen LogP contribution in [-0.2, 0) is 6.18 Å². The first-order valence-corrected chi connectivity index (χ1v) is 15.0. The molecule has 0 aliphatic rings. The third kappa shape index (κ3) is 4.66. The van der Waals surface area contributed by atoms with Crippen LogP contribution in [0, 0.1) is 0 Å². The average molecular weight is 606 g/mol. The van der Waals surface area contributed by atoms with Gasteiger partial charge in [-0.3, -0.25) is 4.57 Å². The van der Waals surface area contributed by atoms with Crippen LogP contribution in [0.4, 0.5) is 30.2 Å². The molecule has 7 aromatic carbocycles. The first-order chi connectivity index (χ1) is 22.5. The van der Waals surface area contributed by atoms with Gasteiger partial charge in [0.05, 0.1) is 16.6 Å². The van der Waals surface area contributed by atoms with Gasteiger partial charge in [-0.1, -0.05) is 84.9 Å². The zero-order valence-corrected chi connectivity index (χ0v) is 24.5. The van der Waals surface area contributed by atoms with Crippen LogP contribution >= 0.6 is 0 Å². The molecule has 0 aliphatic heterocycles. The smallest absolute Gasteiger partial charge is 0.311 e. The molecule has 6 heteroatoms. The Morgan fingerprint density at radius 3 is 1.52 bits per heavy atom. The number of nitrogens with zero attached hydrogens (tertiary/aromatic N) is 3. The Kier molecular flexibility index (Phi) is 6.57. The quantitative estimate of drug-likeness (QED) is 0.182. The summed E-state index contributed by atoms with van der Waals surface area (Å²) in [6, 6.07) is 50.1. The molecule has 8 aromatic rings. The monoisotopic (exact) mass is 605 g/mol. The first kappa shape index (κ1) is 27.7. The van der Waals surface area contributed by atoms with Gasteiger partial charge < -0.3 is 4.90 Å². The molecule has 0 bridgehead atoms. The Morgan fingerprint density at radius 2 is 0.957 bits per heavy atom. The van der Waals surface area contributed by atoms with Gasteiger partial charge in [0.1, 0.15) is 5.82 Å². The molecule has 0 aliphatic carbocycles. The van der Waals surface area contributed by atoms with E-state index < -0.39 is 11.7 Å². The summed E-state index contributed by atoms with van der Waals surface area (Å²) in [5.41, 5.74) is 5.41. The number of aromatic nitrogens is 2. The van der Waals surface area contributed by atoms with Crippen LogP contribution < -0.4 is 4.90 Å². The summed E-state index contributed by atoms with van der Waals surface area (Å²) in [5.74, 6) is 0.647. The van der Waals surface area contributed by atoms with Gasteiger partial charge in [-0.05, 0) is 83.6 Å². The summed E-state index contributed by atoms with van der Waals surface area (Å²) >= 11 is 0. The summed E-state index contributed by atoms with van der Waals surface area (Å²) < 4.78 is 42.7. The topological polar surface area (TPSA) is 21.1 Å². The number of imidazole rings is 1. The number of alkyl halides is 3. The van der Waals surface area contributed by atoms with Gasteiger partial charge >= 0.3 is 6.18 Å². The van der Waals surface area contributed by atoms with Gasteiger partial charge in [0, 0.05) is 39.1 Å². The number of para-hydroxylation sites is 2. The maximum atomic E-state index is 13.6. The van der Waals surface area contributed by atoms with E-state index in [4.69, 9.17) is 4.98 Å². The number of benzene rings is 7. The molecule has 0 spiro atoms. The highest BCUT2D eigenvalue weighted by molar-refractivity contribution is 6.24. The van der Waals surface area contributed by atoms with Crippen LogP contribution in [0.5, 0.6) is 0 Å². The zero-order chi connectivity index (χ0) is 31.3. The van der Waals surface area contributed by atoms with E-state index in [9.17, 15) is 13.2 Å². The zero-order valence-electron chi connectivity index (χ0n) is 24.5. The molecular formula is C40H26F3N3. The lowest BCUT2D eigenvalue weighted by atomic mass is 10.00. The maximum absolute atomic E-state index is 13.6. The Morgan fingerprint density at radius 1 is 0.478 bits per heavy atom. The first-order valence-electron chi connectivity index (χ1n) is 15.0. The fourth-order valence-electron chi connectivity index (χ4n) is 6.31. The van der Waals surface area contributed by atoms with Gasteiger partial charge in [0.25, 0.3) is 0 Å². The van der Waals surface area contributed by atoms with E-state index in [2.05, 4.69) is 65.6 Å². The minimum Gasteiger partial charge on any atom is -0.311 e. The number of fused-ring (bicyclic) bond motifs is 6. The Hall–Kier alpha value is -5.88. The fourth-order valence-corrected chi connectivity index (χ4v) is 6.31. The maximum Gasteiger partial charge on any atom is 0.416 e. The van der Waals surface area contributed by atoms with Crippen LogP contribution in [-0.4, -0.2) is 9.55 Å². The molecule has 222 valence electrons. The van der Waals surface area contributed by atoms with Crippen molar-refractivity contribution in [2.45, 2.75) is 6.18 Å². The van der Waals surface area contributed by atoms with Gasteiger partial charge in [-0.2, -0.15) is 13.2 Å². The second-order valence-electron chi connectivity index (χ2n) is 11.2. The molecule has 0 unspecified atom stereocenters. The predicted molar refractivity (Wildman–Crippen MR) is 181 cm³/mol. The minimum absolute atomic E-state index is 0.602. The standard InChI is InChI=1S/C40H26F3N3/c41-40(42,43)28-21-25-32(26-22-28)46-38-36-18-10-8-16-34(36)33-15-7-9-17-35(33)37(38)44-39(46)27-19-23-31(24-20-27)45(29-11-3-1-4-12-29)30-13-5-2-6-14-30/h1-26H. The van der Waals surface area contributed by atoms with Crippen molar-refractivity contribution in [3.63, 3.8) is 0 Å². The third-order valence-corrected chi connectivity index (χ3v) is 8.40. The van der Waals surface area contributed by atoms with Gasteiger partial charge in [0.15, 0.2) is 0 Å². The van der Waals surface area contributed by atoms with Crippen molar-refractivity contribution in [1.29, 1.82) is 0 Å². The summed E-state index contributed by atoms with van der Waals surface area (Å²) in [7, 11) is 0. The Balaban J connectivity index is 1.37. The molecule has 0 N–H and O–H groups in total.